The van der Waals surface area contributed by atoms with E-state index in [0.29, 0.717) is 32.4 Å². The first kappa shape index (κ1) is 30.7. The summed E-state index contributed by atoms with van der Waals surface area (Å²) in [5.74, 6) is -3.23. The van der Waals surface area contributed by atoms with Gasteiger partial charge in [0.1, 0.15) is 18.2 Å². The number of carbonyl (C=O) groups excluding carboxylic acids is 4. The van der Waals surface area contributed by atoms with Crippen molar-refractivity contribution in [2.75, 3.05) is 26.3 Å². The van der Waals surface area contributed by atoms with Gasteiger partial charge in [-0.1, -0.05) is 85.0 Å². The third-order valence-corrected chi connectivity index (χ3v) is 9.17. The highest BCUT2D eigenvalue weighted by Gasteiger charge is 2.71. The summed E-state index contributed by atoms with van der Waals surface area (Å²) >= 11 is 0. The molecule has 2 aromatic rings. The van der Waals surface area contributed by atoms with Gasteiger partial charge < -0.3 is 29.7 Å². The molecule has 0 radical (unpaired) electrons. The number of amides is 3. The average Bonchev–Trinajstić information content (AvgIpc) is 3.44. The summed E-state index contributed by atoms with van der Waals surface area (Å²) in [6.45, 7) is 0.855. The van der Waals surface area contributed by atoms with Crippen molar-refractivity contribution >= 4 is 23.7 Å². The zero-order valence-electron chi connectivity index (χ0n) is 25.1. The predicted octanol–water partition coefficient (Wildman–Crippen LogP) is 2.69. The minimum absolute atomic E-state index is 0.0326. The first-order chi connectivity index (χ1) is 21.9. The first-order valence-electron chi connectivity index (χ1n) is 15.7. The van der Waals surface area contributed by atoms with Crippen molar-refractivity contribution in [3.05, 3.63) is 96.1 Å². The van der Waals surface area contributed by atoms with Gasteiger partial charge in [0.15, 0.2) is 0 Å². The molecular formula is C35H39N3O7. The van der Waals surface area contributed by atoms with E-state index in [1.165, 1.54) is 0 Å². The second-order valence-electron chi connectivity index (χ2n) is 12.0. The molecule has 10 heteroatoms. The zero-order chi connectivity index (χ0) is 31.4. The van der Waals surface area contributed by atoms with Crippen molar-refractivity contribution in [1.82, 2.24) is 15.1 Å². The maximum Gasteiger partial charge on any atom is 0.306 e. The highest BCUT2D eigenvalue weighted by atomic mass is 16.5. The van der Waals surface area contributed by atoms with Crippen LogP contribution in [0.3, 0.4) is 0 Å². The van der Waals surface area contributed by atoms with Crippen LogP contribution in [0.2, 0.25) is 0 Å². The number of aliphatic hydroxyl groups is 1. The summed E-state index contributed by atoms with van der Waals surface area (Å²) in [5.41, 5.74) is 0.353. The molecule has 2 saturated heterocycles. The number of cyclic esters (lactones) is 1. The zero-order valence-corrected chi connectivity index (χ0v) is 25.1. The largest absolute Gasteiger partial charge is 0.463 e. The van der Waals surface area contributed by atoms with E-state index < -0.39 is 41.5 Å². The Balaban J connectivity index is 1.39. The van der Waals surface area contributed by atoms with Crippen molar-refractivity contribution in [3.8, 4) is 0 Å². The molecule has 0 saturated carbocycles. The number of rotatable bonds is 7. The lowest BCUT2D eigenvalue weighted by Crippen LogP contribution is -2.55. The van der Waals surface area contributed by atoms with Crippen molar-refractivity contribution in [3.63, 3.8) is 0 Å². The number of ether oxygens (including phenoxy) is 2. The quantitative estimate of drug-likeness (QED) is 0.280. The van der Waals surface area contributed by atoms with Crippen molar-refractivity contribution in [1.29, 1.82) is 0 Å². The molecule has 236 valence electrons. The van der Waals surface area contributed by atoms with Crippen molar-refractivity contribution in [2.24, 2.45) is 11.8 Å². The summed E-state index contributed by atoms with van der Waals surface area (Å²) in [6.07, 6.45) is 7.92. The molecule has 10 nitrogen and oxygen atoms in total. The maximum absolute atomic E-state index is 14.4. The Morgan fingerprint density at radius 3 is 2.44 bits per heavy atom. The topological polar surface area (TPSA) is 125 Å². The van der Waals surface area contributed by atoms with Gasteiger partial charge in [0.05, 0.1) is 24.0 Å². The van der Waals surface area contributed by atoms with E-state index in [1.54, 1.807) is 22.0 Å². The molecule has 4 aliphatic heterocycles. The van der Waals surface area contributed by atoms with Gasteiger partial charge in [-0.15, -0.1) is 0 Å². The fourth-order valence-electron chi connectivity index (χ4n) is 7.06. The number of hydrogen-bond donors (Lipinski definition) is 2. The van der Waals surface area contributed by atoms with Gasteiger partial charge in [-0.3, -0.25) is 19.2 Å². The molecule has 4 heterocycles. The lowest BCUT2D eigenvalue weighted by molar-refractivity contribution is -0.148. The van der Waals surface area contributed by atoms with Gasteiger partial charge >= 0.3 is 5.97 Å². The molecule has 45 heavy (non-hydrogen) atoms. The molecule has 0 bridgehead atoms. The molecule has 2 N–H and O–H groups in total. The number of allylic oxidation sites excluding steroid dienone is 1. The van der Waals surface area contributed by atoms with Gasteiger partial charge in [0, 0.05) is 32.7 Å². The molecule has 6 rings (SSSR count). The van der Waals surface area contributed by atoms with E-state index in [4.69, 9.17) is 9.47 Å². The van der Waals surface area contributed by atoms with Crippen LogP contribution in [0.25, 0.3) is 0 Å². The molecule has 1 spiro atoms. The Morgan fingerprint density at radius 2 is 1.69 bits per heavy atom. The minimum Gasteiger partial charge on any atom is -0.463 e. The van der Waals surface area contributed by atoms with Crippen LogP contribution >= 0.6 is 0 Å². The van der Waals surface area contributed by atoms with E-state index in [-0.39, 0.29) is 44.0 Å². The second kappa shape index (κ2) is 13.4. The molecule has 3 amide bonds. The number of carbonyl (C=O) groups is 4. The fraction of sp³-hybridized carbons (Fsp3) is 0.429. The van der Waals surface area contributed by atoms with E-state index in [0.717, 1.165) is 11.1 Å². The van der Waals surface area contributed by atoms with Crippen molar-refractivity contribution in [2.45, 2.75) is 56.0 Å². The lowest BCUT2D eigenvalue weighted by Gasteiger charge is -2.35. The first-order valence-corrected chi connectivity index (χ1v) is 15.7. The number of likely N-dealkylation sites (tertiary alicyclic amines) is 1. The number of fused-ring (bicyclic) bond motifs is 2. The SMILES string of the molecule is O=C1CC/C=C\[C@@H]2O[C@@]34C=CCN(Cc5ccccc5)C(=O)[C@@H]3N(CCCCO)C(=O)[C@H]4[C@@H]2C(=O)N[C@@H](c2ccccc2)CO1. The second-order valence-corrected chi connectivity index (χ2v) is 12.0. The predicted molar refractivity (Wildman–Crippen MR) is 164 cm³/mol. The molecule has 0 aromatic heterocycles. The van der Waals surface area contributed by atoms with Crippen LogP contribution in [0.1, 0.15) is 42.9 Å². The smallest absolute Gasteiger partial charge is 0.306 e. The van der Waals surface area contributed by atoms with Crippen LogP contribution in [-0.4, -0.2) is 82.6 Å². The molecule has 4 aliphatic rings. The van der Waals surface area contributed by atoms with E-state index in [1.807, 2.05) is 72.8 Å². The Morgan fingerprint density at radius 1 is 0.933 bits per heavy atom. The summed E-state index contributed by atoms with van der Waals surface area (Å²) in [4.78, 5) is 58.9. The molecule has 2 aromatic carbocycles. The molecule has 0 aliphatic carbocycles. The number of benzene rings is 2. The summed E-state index contributed by atoms with van der Waals surface area (Å²) in [5, 5.41) is 12.5. The van der Waals surface area contributed by atoms with Gasteiger partial charge in [0.2, 0.25) is 17.7 Å². The van der Waals surface area contributed by atoms with Crippen LogP contribution in [-0.2, 0) is 35.2 Å². The lowest BCUT2D eigenvalue weighted by atomic mass is 9.77. The number of nitrogens with one attached hydrogen (secondary N) is 1. The van der Waals surface area contributed by atoms with Crippen LogP contribution in [0, 0.1) is 11.8 Å². The Kier molecular flexibility index (Phi) is 9.14. The number of unbranched alkanes of at least 4 members (excludes halogenated alkanes) is 1. The summed E-state index contributed by atoms with van der Waals surface area (Å²) < 4.78 is 12.3. The summed E-state index contributed by atoms with van der Waals surface area (Å²) in [6, 6.07) is 17.3. The molecule has 6 atom stereocenters. The van der Waals surface area contributed by atoms with Crippen LogP contribution in [0.4, 0.5) is 0 Å². The van der Waals surface area contributed by atoms with Crippen LogP contribution in [0.15, 0.2) is 85.0 Å². The number of aliphatic hydroxyl groups excluding tert-OH is 1. The fourth-order valence-corrected chi connectivity index (χ4v) is 7.06. The average molecular weight is 614 g/mol. The molecule has 2 fully saturated rings. The van der Waals surface area contributed by atoms with Gasteiger partial charge in [0.25, 0.3) is 0 Å². The summed E-state index contributed by atoms with van der Waals surface area (Å²) in [7, 11) is 0. The Hall–Kier alpha value is -4.28. The van der Waals surface area contributed by atoms with E-state index in [9.17, 15) is 24.3 Å². The third-order valence-electron chi connectivity index (χ3n) is 9.17. The Bertz CT molecular complexity index is 1460. The van der Waals surface area contributed by atoms with Gasteiger partial charge in [-0.2, -0.15) is 0 Å². The number of nitrogens with zero attached hydrogens (tertiary/aromatic N) is 2. The normalized spacial score (nSPS) is 30.7. The van der Waals surface area contributed by atoms with Crippen molar-refractivity contribution < 1.29 is 33.8 Å². The monoisotopic (exact) mass is 613 g/mol. The minimum atomic E-state index is -1.37. The highest BCUT2D eigenvalue weighted by Crippen LogP contribution is 2.53. The third kappa shape index (κ3) is 6.04. The Labute approximate surface area is 262 Å². The van der Waals surface area contributed by atoms with Gasteiger partial charge in [-0.25, -0.2) is 0 Å². The standard InChI is InChI=1S/C35H39N3O7/c39-21-10-9-20-38-31-34(43)37(22-24-12-3-1-4-13-24)19-11-18-35(31)30(33(38)42)29-27(45-35)16-7-8-17-28(40)44-23-26(36-32(29)41)25-14-5-2-6-15-25/h1-7,11-16,18,26-27,29-31,39H,8-10,17,19-23H2,(H,36,41)/b16-7-/t26-,27+,29-,30-,31+,35-/m1/s1. The van der Waals surface area contributed by atoms with E-state index in [2.05, 4.69) is 5.32 Å². The molecule has 0 unspecified atom stereocenters. The highest BCUT2D eigenvalue weighted by molar-refractivity contribution is 5.99. The van der Waals surface area contributed by atoms with E-state index >= 15 is 0 Å². The molecular weight excluding hydrogens is 574 g/mol. The van der Waals surface area contributed by atoms with Gasteiger partial charge in [-0.05, 0) is 30.4 Å². The van der Waals surface area contributed by atoms with Crippen LogP contribution in [0.5, 0.6) is 0 Å². The van der Waals surface area contributed by atoms with Crippen LogP contribution < -0.4 is 5.32 Å². The maximum atomic E-state index is 14.4. The number of hydrogen-bond acceptors (Lipinski definition) is 7. The number of esters is 1.